The lowest BCUT2D eigenvalue weighted by molar-refractivity contribution is -0.221. The predicted octanol–water partition coefficient (Wildman–Crippen LogP) is 6.40. The van der Waals surface area contributed by atoms with Gasteiger partial charge in [-0.05, 0) is 92.6 Å². The molecule has 0 aliphatic carbocycles. The fourth-order valence-corrected chi connectivity index (χ4v) is 6.81. The Morgan fingerprint density at radius 3 is 1.83 bits per heavy atom. The molecule has 0 radical (unpaired) electrons. The van der Waals surface area contributed by atoms with Crippen LogP contribution in [0, 0.1) is 26.0 Å². The van der Waals surface area contributed by atoms with Crippen molar-refractivity contribution in [1.82, 2.24) is 36.2 Å². The minimum atomic E-state index is -5.88. The van der Waals surface area contributed by atoms with Gasteiger partial charge < -0.3 is 35.6 Å². The van der Waals surface area contributed by atoms with Crippen molar-refractivity contribution in [1.29, 1.82) is 0 Å². The molecular formula is C36H41F10IN7O10P. The zero-order valence-electron chi connectivity index (χ0n) is 34.3. The third kappa shape index (κ3) is 14.6. The number of aromatic nitrogens is 2. The number of nitrogens with one attached hydrogen (secondary N) is 4. The van der Waals surface area contributed by atoms with Gasteiger partial charge in [0.1, 0.15) is 29.8 Å². The molecule has 2 aromatic carbocycles. The maximum atomic E-state index is 15.9. The lowest BCUT2D eigenvalue weighted by Gasteiger charge is -2.38. The van der Waals surface area contributed by atoms with Crippen LogP contribution in [0.1, 0.15) is 45.4 Å². The average Bonchev–Trinajstić information content (AvgIpc) is 3.67. The van der Waals surface area contributed by atoms with Crippen LogP contribution in [0.3, 0.4) is 0 Å². The van der Waals surface area contributed by atoms with Crippen molar-refractivity contribution in [3.8, 4) is 11.3 Å². The molecule has 17 nitrogen and oxygen atoms in total. The van der Waals surface area contributed by atoms with E-state index in [2.05, 4.69) is 15.2 Å². The molecule has 4 amide bonds. The van der Waals surface area contributed by atoms with Crippen LogP contribution in [0.2, 0.25) is 0 Å². The molecule has 0 saturated heterocycles. The SMILES string of the molecule is COC(=O)NC(C(=O)NN(Cc1c(F)cc(-c2ccn(C(F)F)n2)cc1F)CC(OP(=O)(O)O)C(Cc1ccc(I)cc1)NC(=O)C(NC(=O)O)C(C)(C)C(F)(F)F)C(C)(C)C(F)(F)F. The third-order valence-electron chi connectivity index (χ3n) is 9.83. The molecular weight excluding hydrogens is 1040 g/mol. The monoisotopic (exact) mass is 1080 g/mol. The Hall–Kier alpha value is -4.77. The van der Waals surface area contributed by atoms with Gasteiger partial charge in [-0.3, -0.25) is 19.5 Å². The minimum Gasteiger partial charge on any atom is -0.465 e. The van der Waals surface area contributed by atoms with E-state index in [0.717, 1.165) is 19.4 Å². The van der Waals surface area contributed by atoms with Crippen LogP contribution in [-0.2, 0) is 36.4 Å². The number of carboxylic acid groups (broad SMARTS) is 1. The van der Waals surface area contributed by atoms with Gasteiger partial charge in [-0.15, -0.1) is 0 Å². The van der Waals surface area contributed by atoms with Gasteiger partial charge in [0.15, 0.2) is 0 Å². The summed E-state index contributed by atoms with van der Waals surface area (Å²) in [5, 5.41) is 18.4. The second-order valence-electron chi connectivity index (χ2n) is 15.2. The number of halogens is 11. The number of amides is 4. The van der Waals surface area contributed by atoms with Crippen LogP contribution in [0.4, 0.5) is 53.5 Å². The second kappa shape index (κ2) is 21.2. The smallest absolute Gasteiger partial charge is 0.465 e. The second-order valence-corrected chi connectivity index (χ2v) is 17.6. The number of benzene rings is 2. The summed E-state index contributed by atoms with van der Waals surface area (Å²) in [5.41, 5.74) is -6.23. The number of hydrazine groups is 1. The van der Waals surface area contributed by atoms with E-state index < -0.39 is 128 Å². The van der Waals surface area contributed by atoms with Gasteiger partial charge in [0.25, 0.3) is 5.91 Å². The molecule has 0 spiro atoms. The number of carbonyl (C=O) groups excluding carboxylic acids is 3. The summed E-state index contributed by atoms with van der Waals surface area (Å²) < 4.78 is 167. The molecule has 362 valence electrons. The van der Waals surface area contributed by atoms with E-state index in [1.807, 2.05) is 28.0 Å². The van der Waals surface area contributed by atoms with Crippen LogP contribution in [0.25, 0.3) is 11.3 Å². The van der Waals surface area contributed by atoms with Crippen LogP contribution >= 0.6 is 30.4 Å². The topological polar surface area (TPSA) is 234 Å². The number of alkyl carbamates (subject to hydrolysis) is 1. The normalized spacial score (nSPS) is 14.6. The lowest BCUT2D eigenvalue weighted by atomic mass is 9.82. The van der Waals surface area contributed by atoms with Gasteiger partial charge in [-0.2, -0.15) is 40.2 Å². The fraction of sp³-hybridized carbons (Fsp3) is 0.472. The van der Waals surface area contributed by atoms with Crippen molar-refractivity contribution in [2.45, 2.75) is 83.8 Å². The fourth-order valence-electron chi connectivity index (χ4n) is 5.88. The van der Waals surface area contributed by atoms with E-state index in [4.69, 9.17) is 4.52 Å². The highest BCUT2D eigenvalue weighted by molar-refractivity contribution is 14.1. The number of hydrogen-bond acceptors (Lipinski definition) is 9. The molecule has 0 aliphatic rings. The number of ether oxygens (including phenoxy) is 1. The summed E-state index contributed by atoms with van der Waals surface area (Å²) in [6.07, 6.45) is -16.6. The van der Waals surface area contributed by atoms with Crippen LogP contribution in [0.5, 0.6) is 0 Å². The first-order chi connectivity index (χ1) is 29.7. The highest BCUT2D eigenvalue weighted by atomic mass is 127. The molecule has 0 fully saturated rings. The van der Waals surface area contributed by atoms with Gasteiger partial charge in [-0.25, -0.2) is 32.6 Å². The molecule has 3 rings (SSSR count). The van der Waals surface area contributed by atoms with Crippen LogP contribution in [0.15, 0.2) is 48.7 Å². The van der Waals surface area contributed by atoms with E-state index in [-0.39, 0.29) is 15.9 Å². The van der Waals surface area contributed by atoms with E-state index in [1.54, 1.807) is 5.32 Å². The van der Waals surface area contributed by atoms with E-state index in [9.17, 15) is 73.8 Å². The molecule has 29 heteroatoms. The van der Waals surface area contributed by atoms with Crippen molar-refractivity contribution in [2.24, 2.45) is 10.8 Å². The van der Waals surface area contributed by atoms with Gasteiger partial charge in [0.2, 0.25) is 5.91 Å². The summed E-state index contributed by atoms with van der Waals surface area (Å²) in [7, 11) is -5.15. The van der Waals surface area contributed by atoms with Crippen LogP contribution in [-0.4, -0.2) is 104 Å². The summed E-state index contributed by atoms with van der Waals surface area (Å²) >= 11 is 1.88. The molecule has 0 aliphatic heterocycles. The molecule has 7 N–H and O–H groups in total. The summed E-state index contributed by atoms with van der Waals surface area (Å²) in [6.45, 7) is -4.02. The van der Waals surface area contributed by atoms with Crippen molar-refractivity contribution in [2.75, 3.05) is 13.7 Å². The molecule has 4 atom stereocenters. The number of methoxy groups -OCH3 is 1. The lowest BCUT2D eigenvalue weighted by Crippen LogP contribution is -2.63. The predicted molar refractivity (Wildman–Crippen MR) is 213 cm³/mol. The number of carbonyl (C=O) groups is 4. The first-order valence-electron chi connectivity index (χ1n) is 18.3. The van der Waals surface area contributed by atoms with E-state index >= 15 is 8.78 Å². The van der Waals surface area contributed by atoms with E-state index in [0.29, 0.717) is 48.4 Å². The van der Waals surface area contributed by atoms with Gasteiger partial charge in [0, 0.05) is 34.0 Å². The molecule has 4 unspecified atom stereocenters. The number of nitrogens with zero attached hydrogens (tertiary/aromatic N) is 3. The Kier molecular flexibility index (Phi) is 17.8. The number of hydrogen-bond donors (Lipinski definition) is 7. The van der Waals surface area contributed by atoms with Crippen molar-refractivity contribution < 1.29 is 91.8 Å². The largest absolute Gasteiger partial charge is 0.469 e. The first kappa shape index (κ1) is 54.6. The van der Waals surface area contributed by atoms with Crippen molar-refractivity contribution in [3.63, 3.8) is 0 Å². The van der Waals surface area contributed by atoms with Crippen molar-refractivity contribution in [3.05, 3.63) is 75.0 Å². The van der Waals surface area contributed by atoms with Gasteiger partial charge in [0.05, 0.1) is 29.7 Å². The van der Waals surface area contributed by atoms with Crippen molar-refractivity contribution >= 4 is 54.4 Å². The Morgan fingerprint density at radius 1 is 0.862 bits per heavy atom. The number of phosphoric ester groups is 1. The van der Waals surface area contributed by atoms with Gasteiger partial charge in [-0.1, -0.05) is 12.1 Å². The number of alkyl halides is 8. The Bertz CT molecular complexity index is 2200. The zero-order valence-corrected chi connectivity index (χ0v) is 37.3. The zero-order chi connectivity index (χ0) is 49.6. The quantitative estimate of drug-likeness (QED) is 0.0299. The summed E-state index contributed by atoms with van der Waals surface area (Å²) in [5.74, 6) is -6.65. The Morgan fingerprint density at radius 2 is 1.38 bits per heavy atom. The molecule has 0 saturated carbocycles. The molecule has 3 aromatic rings. The standard InChI is InChI=1S/C36H41F10IN7O10P/c1-33(2,35(41,42)43)26(49-31(57)58)28(55)48-24(12-17-6-8-19(47)9-7-17)25(64-65(60,61)62)16-53(52-29(56)27(50-32(59)63-5)34(3,4)36(44,45)46)15-20-21(37)13-18(14-22(20)38)23-10-11-54(51-23)30(39)40/h6-11,13-14,24-27,30,49H,12,15-16H2,1-5H3,(H,48,55)(H,50,59)(H,52,56)(H,57,58)(H2,60,61,62). The summed E-state index contributed by atoms with van der Waals surface area (Å²) in [6, 6.07) is 0.429. The third-order valence-corrected chi connectivity index (χ3v) is 11.1. The number of rotatable bonds is 19. The van der Waals surface area contributed by atoms with Crippen LogP contribution < -0.4 is 21.4 Å². The highest BCUT2D eigenvalue weighted by Crippen LogP contribution is 2.43. The highest BCUT2D eigenvalue weighted by Gasteiger charge is 2.57. The summed E-state index contributed by atoms with van der Waals surface area (Å²) in [4.78, 5) is 71.7. The van der Waals surface area contributed by atoms with Gasteiger partial charge >= 0.3 is 38.9 Å². The minimum absolute atomic E-state index is 0.147. The average molecular weight is 1080 g/mol. The molecule has 1 aromatic heterocycles. The molecule has 1 heterocycles. The maximum Gasteiger partial charge on any atom is 0.469 e. The number of phosphoric acid groups is 1. The Labute approximate surface area is 375 Å². The Balaban J connectivity index is 2.30. The maximum absolute atomic E-state index is 15.9. The molecule has 65 heavy (non-hydrogen) atoms. The molecule has 0 bridgehead atoms. The van der Waals surface area contributed by atoms with E-state index in [1.165, 1.54) is 29.6 Å². The first-order valence-corrected chi connectivity index (χ1v) is 20.9.